The van der Waals surface area contributed by atoms with Crippen LogP contribution in [0.25, 0.3) is 11.0 Å². The smallest absolute Gasteiger partial charge is 0.220 e. The highest BCUT2D eigenvalue weighted by Gasteiger charge is 2.11. The van der Waals surface area contributed by atoms with Crippen LogP contribution in [-0.2, 0) is 17.6 Å². The first-order chi connectivity index (χ1) is 11.7. The van der Waals surface area contributed by atoms with Crippen LogP contribution in [0.15, 0.2) is 48.5 Å². The number of nitrogens with zero attached hydrogens (tertiary/aromatic N) is 1. The maximum atomic E-state index is 12.2. The van der Waals surface area contributed by atoms with Crippen molar-refractivity contribution in [3.63, 3.8) is 0 Å². The molecule has 2 aromatic carbocycles. The molecule has 0 saturated carbocycles. The molecule has 1 aromatic heterocycles. The highest BCUT2D eigenvalue weighted by molar-refractivity contribution is 5.77. The van der Waals surface area contributed by atoms with Gasteiger partial charge in [0.15, 0.2) is 0 Å². The molecule has 4 heteroatoms. The molecule has 3 aromatic rings. The fourth-order valence-corrected chi connectivity index (χ4v) is 2.79. The molecule has 124 valence electrons. The number of aromatic amines is 1. The Morgan fingerprint density at radius 3 is 2.62 bits per heavy atom. The number of hydrogen-bond acceptors (Lipinski definition) is 2. The van der Waals surface area contributed by atoms with Gasteiger partial charge in [0.2, 0.25) is 5.91 Å². The van der Waals surface area contributed by atoms with Crippen molar-refractivity contribution in [1.82, 2.24) is 15.3 Å². The lowest BCUT2D eigenvalue weighted by Gasteiger charge is -2.14. The normalized spacial score (nSPS) is 12.2. The SMILES string of the molecule is CCc1ccc(C(C)NC(=O)CCc2nc3ccccc3[nH]2)cc1. The number of imidazole rings is 1. The number of carbonyl (C=O) groups excluding carboxylic acids is 1. The highest BCUT2D eigenvalue weighted by atomic mass is 16.1. The largest absolute Gasteiger partial charge is 0.350 e. The van der Waals surface area contributed by atoms with Crippen LogP contribution < -0.4 is 5.32 Å². The molecule has 0 aliphatic heterocycles. The first-order valence-corrected chi connectivity index (χ1v) is 8.47. The molecular weight excluding hydrogens is 298 g/mol. The summed E-state index contributed by atoms with van der Waals surface area (Å²) < 4.78 is 0. The van der Waals surface area contributed by atoms with E-state index < -0.39 is 0 Å². The topological polar surface area (TPSA) is 57.8 Å². The average molecular weight is 321 g/mol. The Balaban J connectivity index is 1.54. The molecule has 4 nitrogen and oxygen atoms in total. The van der Waals surface area contributed by atoms with Gasteiger partial charge in [0, 0.05) is 12.8 Å². The summed E-state index contributed by atoms with van der Waals surface area (Å²) in [6, 6.07) is 16.3. The Labute approximate surface area is 142 Å². The van der Waals surface area contributed by atoms with E-state index in [4.69, 9.17) is 0 Å². The number of rotatable bonds is 6. The Hall–Kier alpha value is -2.62. The van der Waals surface area contributed by atoms with Crippen LogP contribution in [0.3, 0.4) is 0 Å². The molecule has 2 N–H and O–H groups in total. The first kappa shape index (κ1) is 16.2. The van der Waals surface area contributed by atoms with Crippen LogP contribution in [0.5, 0.6) is 0 Å². The number of aryl methyl sites for hydroxylation is 2. The second-order valence-electron chi connectivity index (χ2n) is 6.08. The lowest BCUT2D eigenvalue weighted by atomic mass is 10.0. The maximum Gasteiger partial charge on any atom is 0.220 e. The molecule has 0 spiro atoms. The van der Waals surface area contributed by atoms with Crippen LogP contribution in [-0.4, -0.2) is 15.9 Å². The van der Waals surface area contributed by atoms with Crippen molar-refractivity contribution in [1.29, 1.82) is 0 Å². The van der Waals surface area contributed by atoms with Gasteiger partial charge in [0.05, 0.1) is 17.1 Å². The van der Waals surface area contributed by atoms with Gasteiger partial charge in [0.25, 0.3) is 0 Å². The summed E-state index contributed by atoms with van der Waals surface area (Å²) in [5.74, 6) is 0.897. The van der Waals surface area contributed by atoms with Gasteiger partial charge in [0.1, 0.15) is 5.82 Å². The van der Waals surface area contributed by atoms with Crippen molar-refractivity contribution >= 4 is 16.9 Å². The van der Waals surface area contributed by atoms with Gasteiger partial charge in [-0.3, -0.25) is 4.79 Å². The number of benzene rings is 2. The lowest BCUT2D eigenvalue weighted by Crippen LogP contribution is -2.26. The summed E-state index contributed by atoms with van der Waals surface area (Å²) in [4.78, 5) is 19.9. The van der Waals surface area contributed by atoms with Crippen LogP contribution in [0.4, 0.5) is 0 Å². The molecule has 0 aliphatic rings. The number of hydrogen-bond donors (Lipinski definition) is 2. The second kappa shape index (κ2) is 7.30. The van der Waals surface area contributed by atoms with E-state index in [9.17, 15) is 4.79 Å². The minimum atomic E-state index is 0.0130. The van der Waals surface area contributed by atoms with Crippen LogP contribution in [0.2, 0.25) is 0 Å². The summed E-state index contributed by atoms with van der Waals surface area (Å²) in [6.45, 7) is 4.15. The second-order valence-corrected chi connectivity index (χ2v) is 6.08. The van der Waals surface area contributed by atoms with Crippen molar-refractivity contribution in [2.45, 2.75) is 39.2 Å². The summed E-state index contributed by atoms with van der Waals surface area (Å²) in [5.41, 5.74) is 4.39. The van der Waals surface area contributed by atoms with Gasteiger partial charge < -0.3 is 10.3 Å². The molecule has 1 unspecified atom stereocenters. The molecular formula is C20H23N3O. The molecule has 0 aliphatic carbocycles. The number of amides is 1. The Kier molecular flexibility index (Phi) is 4.94. The highest BCUT2D eigenvalue weighted by Crippen LogP contribution is 2.15. The Bertz CT molecular complexity index is 787. The van der Waals surface area contributed by atoms with Gasteiger partial charge >= 0.3 is 0 Å². The minimum absolute atomic E-state index is 0.0130. The average Bonchev–Trinajstić information content (AvgIpc) is 3.03. The van der Waals surface area contributed by atoms with Crippen LogP contribution >= 0.6 is 0 Å². The minimum Gasteiger partial charge on any atom is -0.350 e. The molecule has 1 atom stereocenters. The predicted molar refractivity (Wildman–Crippen MR) is 96.8 cm³/mol. The van der Waals surface area contributed by atoms with E-state index >= 15 is 0 Å². The zero-order chi connectivity index (χ0) is 16.9. The van der Waals surface area contributed by atoms with E-state index in [0.717, 1.165) is 28.8 Å². The van der Waals surface area contributed by atoms with E-state index in [0.29, 0.717) is 12.8 Å². The van der Waals surface area contributed by atoms with E-state index in [1.807, 2.05) is 31.2 Å². The van der Waals surface area contributed by atoms with E-state index in [1.54, 1.807) is 0 Å². The number of aromatic nitrogens is 2. The zero-order valence-electron chi connectivity index (χ0n) is 14.2. The molecule has 0 radical (unpaired) electrons. The molecule has 0 saturated heterocycles. The first-order valence-electron chi connectivity index (χ1n) is 8.47. The Morgan fingerprint density at radius 2 is 1.92 bits per heavy atom. The van der Waals surface area contributed by atoms with Crippen molar-refractivity contribution in [2.75, 3.05) is 0 Å². The molecule has 0 bridgehead atoms. The number of para-hydroxylation sites is 2. The zero-order valence-corrected chi connectivity index (χ0v) is 14.2. The van der Waals surface area contributed by atoms with Crippen LogP contribution in [0, 0.1) is 0 Å². The van der Waals surface area contributed by atoms with Gasteiger partial charge in [-0.15, -0.1) is 0 Å². The van der Waals surface area contributed by atoms with Crippen molar-refractivity contribution in [2.24, 2.45) is 0 Å². The molecule has 0 fully saturated rings. The summed E-state index contributed by atoms with van der Waals surface area (Å²) in [5, 5.41) is 3.06. The third kappa shape index (κ3) is 3.82. The third-order valence-electron chi connectivity index (χ3n) is 4.29. The maximum absolute atomic E-state index is 12.2. The van der Waals surface area contributed by atoms with Crippen molar-refractivity contribution < 1.29 is 4.79 Å². The van der Waals surface area contributed by atoms with Gasteiger partial charge in [-0.2, -0.15) is 0 Å². The molecule has 1 amide bonds. The standard InChI is InChI=1S/C20H23N3O/c1-3-15-8-10-16(11-9-15)14(2)21-20(24)13-12-19-22-17-6-4-5-7-18(17)23-19/h4-11,14H,3,12-13H2,1-2H3,(H,21,24)(H,22,23). The van der Waals surface area contributed by atoms with Crippen LogP contribution in [0.1, 0.15) is 43.3 Å². The third-order valence-corrected chi connectivity index (χ3v) is 4.29. The van der Waals surface area contributed by atoms with Gasteiger partial charge in [-0.05, 0) is 36.6 Å². The van der Waals surface area contributed by atoms with E-state index in [-0.39, 0.29) is 11.9 Å². The number of carbonyl (C=O) groups is 1. The fraction of sp³-hybridized carbons (Fsp3) is 0.300. The Morgan fingerprint density at radius 1 is 1.17 bits per heavy atom. The van der Waals surface area contributed by atoms with Gasteiger partial charge in [-0.25, -0.2) is 4.98 Å². The number of nitrogens with one attached hydrogen (secondary N) is 2. The van der Waals surface area contributed by atoms with Crippen molar-refractivity contribution in [3.8, 4) is 0 Å². The van der Waals surface area contributed by atoms with Crippen molar-refractivity contribution in [3.05, 3.63) is 65.5 Å². The molecule has 3 rings (SSSR count). The van der Waals surface area contributed by atoms with E-state index in [1.165, 1.54) is 5.56 Å². The predicted octanol–water partition coefficient (Wildman–Crippen LogP) is 3.94. The molecule has 1 heterocycles. The molecule has 24 heavy (non-hydrogen) atoms. The summed E-state index contributed by atoms with van der Waals surface area (Å²) in [7, 11) is 0. The fourth-order valence-electron chi connectivity index (χ4n) is 2.79. The lowest BCUT2D eigenvalue weighted by molar-refractivity contribution is -0.121. The quantitative estimate of drug-likeness (QED) is 0.722. The summed E-state index contributed by atoms with van der Waals surface area (Å²) >= 11 is 0. The van der Waals surface area contributed by atoms with Gasteiger partial charge in [-0.1, -0.05) is 43.3 Å². The number of H-pyrrole nitrogens is 1. The summed E-state index contributed by atoms with van der Waals surface area (Å²) in [6.07, 6.45) is 2.07. The monoisotopic (exact) mass is 321 g/mol. The van der Waals surface area contributed by atoms with E-state index in [2.05, 4.69) is 46.5 Å². The number of fused-ring (bicyclic) bond motifs is 1.